The van der Waals surface area contributed by atoms with Crippen LogP contribution in [0, 0.1) is 11.8 Å². The minimum absolute atomic E-state index is 0.0158. The zero-order valence-corrected chi connectivity index (χ0v) is 30.8. The maximum Gasteiger partial charge on any atom is 0.172 e. The number of nitrogens with two attached hydrogens (primary N) is 1. The van der Waals surface area contributed by atoms with Crippen molar-refractivity contribution in [3.8, 4) is 0 Å². The van der Waals surface area contributed by atoms with Gasteiger partial charge in [-0.25, -0.2) is 0 Å². The van der Waals surface area contributed by atoms with Crippen LogP contribution in [0.25, 0.3) is 0 Å². The summed E-state index contributed by atoms with van der Waals surface area (Å²) in [5.74, 6) is -0.619. The third-order valence-electron chi connectivity index (χ3n) is 14.0. The van der Waals surface area contributed by atoms with E-state index in [0.717, 1.165) is 56.1 Å². The SMILES string of the molecule is C=C1C2C[C@@H]3O[C@H](C[C@H](O)CN)[C@H](OC)[C@H]3CC(=O)C[C@H]3CC[C@@H]4OC5[C@H]6O[C@]7(CC[C@H]8CC(=C)[C@H](CC[C@@H](C[C@H]1C)O2)O8)C[C@H]6O[C@@H]5[C@@H](O7)[C@H]4O3. The Morgan fingerprint density at radius 3 is 2.38 bits per heavy atom. The van der Waals surface area contributed by atoms with E-state index >= 15 is 0 Å². The Morgan fingerprint density at radius 2 is 1.56 bits per heavy atom. The summed E-state index contributed by atoms with van der Waals surface area (Å²) in [5, 5.41) is 10.5. The molecule has 0 aromatic carbocycles. The topological polar surface area (TPSA) is 146 Å². The fourth-order valence-electron chi connectivity index (χ4n) is 11.3. The lowest BCUT2D eigenvalue weighted by Crippen LogP contribution is -2.61. The summed E-state index contributed by atoms with van der Waals surface area (Å²) in [6.45, 7) is 11.3. The molecule has 12 nitrogen and oxygen atoms in total. The third-order valence-corrected chi connectivity index (χ3v) is 14.0. The average molecular weight is 730 g/mol. The molecule has 10 heterocycles. The van der Waals surface area contributed by atoms with Gasteiger partial charge in [0.25, 0.3) is 0 Å². The van der Waals surface area contributed by atoms with Crippen LogP contribution >= 0.6 is 0 Å². The van der Waals surface area contributed by atoms with E-state index in [9.17, 15) is 9.90 Å². The number of rotatable bonds is 4. The molecule has 0 aromatic heterocycles. The molecule has 0 aliphatic carbocycles. The molecular weight excluding hydrogens is 670 g/mol. The standard InChI is InChI=1S/C40H59NO11/c1-19-11-24-5-7-28-20(2)12-26(45-28)9-10-40-17-33-36(51-40)37-38(50-33)39(52-40)35-29(49-37)8-6-25(47-35)13-22(42)14-27-31(16-30(46-24)21(19)3)48-32(34(27)44-4)15-23(43)18-41/h19,23-39,43H,2-3,5-18,41H2,1,4H3/t19-,23+,24+,25-,26+,27+,28+,29+,30?,31+,32-,33-,34-,35+,36+,37?,38+,39+,40+/m1/s1. The molecule has 10 fully saturated rings. The van der Waals surface area contributed by atoms with E-state index in [-0.39, 0.29) is 122 Å². The zero-order valence-electron chi connectivity index (χ0n) is 30.8. The number of Topliss-reactive ketones (excluding diaryl/α,β-unsaturated/α-hetero) is 1. The summed E-state index contributed by atoms with van der Waals surface area (Å²) < 4.78 is 60.0. The number of carbonyl (C=O) groups excluding carboxylic acids is 1. The first-order valence-electron chi connectivity index (χ1n) is 20.2. The van der Waals surface area contributed by atoms with Crippen molar-refractivity contribution in [1.29, 1.82) is 0 Å². The molecule has 0 radical (unpaired) electrons. The number of methoxy groups -OCH3 is 1. The smallest absolute Gasteiger partial charge is 0.172 e. The number of aliphatic hydroxyl groups is 1. The zero-order chi connectivity index (χ0) is 35.9. The van der Waals surface area contributed by atoms with E-state index in [2.05, 4.69) is 20.1 Å². The molecule has 0 saturated carbocycles. The van der Waals surface area contributed by atoms with Crippen molar-refractivity contribution >= 4 is 5.78 Å². The highest BCUT2D eigenvalue weighted by Gasteiger charge is 2.68. The maximum atomic E-state index is 14.1. The van der Waals surface area contributed by atoms with Gasteiger partial charge in [0.2, 0.25) is 0 Å². The second-order valence-corrected chi connectivity index (χ2v) is 17.4. The van der Waals surface area contributed by atoms with Gasteiger partial charge in [0.05, 0.1) is 67.1 Å². The Kier molecular flexibility index (Phi) is 10.0. The predicted molar refractivity (Wildman–Crippen MR) is 186 cm³/mol. The third kappa shape index (κ3) is 6.59. The maximum absolute atomic E-state index is 14.1. The highest BCUT2D eigenvalue weighted by atomic mass is 16.8. The van der Waals surface area contributed by atoms with Crippen LogP contribution in [0.3, 0.4) is 0 Å². The highest BCUT2D eigenvalue weighted by Crippen LogP contribution is 2.54. The molecule has 52 heavy (non-hydrogen) atoms. The summed E-state index contributed by atoms with van der Waals surface area (Å²) in [6.07, 6.45) is 4.85. The predicted octanol–water partition coefficient (Wildman–Crippen LogP) is 3.44. The van der Waals surface area contributed by atoms with Crippen LogP contribution in [0.15, 0.2) is 24.3 Å². The molecule has 1 spiro atoms. The minimum Gasteiger partial charge on any atom is -0.392 e. The lowest BCUT2D eigenvalue weighted by Gasteiger charge is -2.47. The van der Waals surface area contributed by atoms with Gasteiger partial charge >= 0.3 is 0 Å². The molecular formula is C40H59NO11. The summed E-state index contributed by atoms with van der Waals surface area (Å²) in [7, 11) is 1.66. The van der Waals surface area contributed by atoms with Crippen molar-refractivity contribution in [3.05, 3.63) is 24.3 Å². The van der Waals surface area contributed by atoms with Gasteiger partial charge < -0.3 is 53.5 Å². The van der Waals surface area contributed by atoms with Crippen molar-refractivity contribution in [2.75, 3.05) is 13.7 Å². The second kappa shape index (κ2) is 14.3. The fourth-order valence-corrected chi connectivity index (χ4v) is 11.3. The van der Waals surface area contributed by atoms with Gasteiger partial charge in [0.1, 0.15) is 36.3 Å². The van der Waals surface area contributed by atoms with Gasteiger partial charge in [-0.3, -0.25) is 4.79 Å². The molecule has 290 valence electrons. The first-order chi connectivity index (χ1) is 25.1. The molecule has 10 saturated heterocycles. The van der Waals surface area contributed by atoms with Crippen LogP contribution in [-0.2, 0) is 47.4 Å². The quantitative estimate of drug-likeness (QED) is 0.409. The van der Waals surface area contributed by atoms with Gasteiger partial charge in [0.15, 0.2) is 5.79 Å². The Bertz CT molecular complexity index is 1380. The minimum atomic E-state index is -0.780. The molecule has 0 aromatic rings. The van der Waals surface area contributed by atoms with Crippen molar-refractivity contribution in [1.82, 2.24) is 0 Å². The van der Waals surface area contributed by atoms with E-state index in [1.165, 1.54) is 0 Å². The van der Waals surface area contributed by atoms with Crippen LogP contribution in [0.4, 0.5) is 0 Å². The Hall–Kier alpha value is -1.29. The van der Waals surface area contributed by atoms with Gasteiger partial charge in [-0.05, 0) is 62.0 Å². The number of carbonyl (C=O) groups is 1. The van der Waals surface area contributed by atoms with E-state index in [0.29, 0.717) is 25.7 Å². The van der Waals surface area contributed by atoms with Gasteiger partial charge in [0, 0.05) is 58.1 Å². The molecule has 2 unspecified atom stereocenters. The number of ether oxygens (including phenoxy) is 9. The molecule has 3 N–H and O–H groups in total. The summed E-state index contributed by atoms with van der Waals surface area (Å²) >= 11 is 0. The monoisotopic (exact) mass is 729 g/mol. The largest absolute Gasteiger partial charge is 0.392 e. The Balaban J connectivity index is 0.994. The number of fused-ring (bicyclic) bond motifs is 6. The van der Waals surface area contributed by atoms with Crippen LogP contribution < -0.4 is 5.73 Å². The lowest BCUT2D eigenvalue weighted by atomic mass is 9.81. The highest BCUT2D eigenvalue weighted by molar-refractivity contribution is 5.79. The van der Waals surface area contributed by atoms with E-state index in [1.807, 2.05) is 0 Å². The Morgan fingerprint density at radius 1 is 0.808 bits per heavy atom. The van der Waals surface area contributed by atoms with Crippen molar-refractivity contribution < 1.29 is 52.5 Å². The first-order valence-corrected chi connectivity index (χ1v) is 20.2. The number of hydrogen-bond acceptors (Lipinski definition) is 12. The molecule has 12 heteroatoms. The summed E-state index contributed by atoms with van der Waals surface area (Å²) in [5.41, 5.74) is 8.01. The number of ketones is 1. The fraction of sp³-hybridized carbons (Fsp3) is 0.875. The van der Waals surface area contributed by atoms with E-state index in [4.69, 9.17) is 48.4 Å². The van der Waals surface area contributed by atoms with Gasteiger partial charge in [-0.2, -0.15) is 0 Å². The van der Waals surface area contributed by atoms with Gasteiger partial charge in [-0.1, -0.05) is 20.1 Å². The van der Waals surface area contributed by atoms with Crippen LogP contribution in [-0.4, -0.2) is 128 Å². The van der Waals surface area contributed by atoms with Crippen molar-refractivity contribution in [2.24, 2.45) is 17.6 Å². The molecule has 12 bridgehead atoms. The van der Waals surface area contributed by atoms with E-state index in [1.54, 1.807) is 7.11 Å². The van der Waals surface area contributed by atoms with Gasteiger partial charge in [-0.15, -0.1) is 0 Å². The molecule has 10 rings (SSSR count). The number of aliphatic hydroxyl groups excluding tert-OH is 1. The lowest BCUT2D eigenvalue weighted by molar-refractivity contribution is -0.292. The van der Waals surface area contributed by atoms with Crippen LogP contribution in [0.5, 0.6) is 0 Å². The van der Waals surface area contributed by atoms with Crippen LogP contribution in [0.2, 0.25) is 0 Å². The normalized spacial score (nSPS) is 52.4. The molecule has 0 amide bonds. The van der Waals surface area contributed by atoms with E-state index < -0.39 is 18.0 Å². The second-order valence-electron chi connectivity index (χ2n) is 17.4. The van der Waals surface area contributed by atoms with Crippen molar-refractivity contribution in [2.45, 2.75) is 194 Å². The average Bonchev–Trinajstić information content (AvgIpc) is 3.79. The molecule has 10 aliphatic rings. The first kappa shape index (κ1) is 36.4. The Labute approximate surface area is 307 Å². The number of hydrogen-bond donors (Lipinski definition) is 2. The van der Waals surface area contributed by atoms with Crippen LogP contribution in [0.1, 0.15) is 90.4 Å². The molecule has 10 aliphatic heterocycles. The molecule has 19 atom stereocenters. The summed E-state index contributed by atoms with van der Waals surface area (Å²) in [4.78, 5) is 14.1. The summed E-state index contributed by atoms with van der Waals surface area (Å²) in [6, 6.07) is 0. The van der Waals surface area contributed by atoms with Crippen molar-refractivity contribution in [3.63, 3.8) is 0 Å².